The van der Waals surface area contributed by atoms with Crippen molar-refractivity contribution < 1.29 is 18.7 Å². The first-order chi connectivity index (χ1) is 17.1. The maximum atomic E-state index is 13.0. The highest BCUT2D eigenvalue weighted by Gasteiger charge is 2.28. The van der Waals surface area contributed by atoms with Gasteiger partial charge < -0.3 is 14.1 Å². The molecule has 1 fully saturated rings. The molecule has 3 heterocycles. The van der Waals surface area contributed by atoms with E-state index in [0.717, 1.165) is 25.2 Å². The van der Waals surface area contributed by atoms with Crippen LogP contribution in [0.5, 0.6) is 5.75 Å². The Labute approximate surface area is 205 Å². The molecule has 0 N–H and O–H groups in total. The second kappa shape index (κ2) is 10.2. The molecule has 0 bridgehead atoms. The molecule has 0 radical (unpaired) electrons. The molecule has 2 aliphatic rings. The summed E-state index contributed by atoms with van der Waals surface area (Å²) in [5.41, 5.74) is 2.97. The number of benzene rings is 2. The predicted octanol–water partition coefficient (Wildman–Crippen LogP) is 3.98. The third-order valence-electron chi connectivity index (χ3n) is 6.38. The molecule has 5 rings (SSSR count). The number of fused-ring (bicyclic) bond motifs is 1. The van der Waals surface area contributed by atoms with Crippen LogP contribution in [-0.4, -0.2) is 60.9 Å². The van der Waals surface area contributed by atoms with Gasteiger partial charge in [-0.05, 0) is 42.3 Å². The van der Waals surface area contributed by atoms with E-state index in [1.54, 1.807) is 17.0 Å². The first-order valence-electron chi connectivity index (χ1n) is 11.9. The molecule has 0 spiro atoms. The van der Waals surface area contributed by atoms with Crippen LogP contribution in [0.1, 0.15) is 27.4 Å². The molecule has 3 aromatic rings. The van der Waals surface area contributed by atoms with E-state index in [-0.39, 0.29) is 25.0 Å². The number of amides is 2. The Kier molecular flexibility index (Phi) is 6.68. The van der Waals surface area contributed by atoms with Crippen molar-refractivity contribution in [2.45, 2.75) is 13.5 Å². The fraction of sp³-hybridized carbons (Fsp3) is 0.286. The molecule has 1 saturated heterocycles. The number of nitrogens with zero attached hydrogens (tertiary/aromatic N) is 3. The number of anilines is 1. The van der Waals surface area contributed by atoms with Gasteiger partial charge in [-0.15, -0.1) is 0 Å². The van der Waals surface area contributed by atoms with Gasteiger partial charge in [-0.3, -0.25) is 19.4 Å². The van der Waals surface area contributed by atoms with Gasteiger partial charge in [-0.2, -0.15) is 0 Å². The number of piperazine rings is 1. The smallest absolute Gasteiger partial charge is 0.289 e. The van der Waals surface area contributed by atoms with Crippen molar-refractivity contribution in [2.24, 2.45) is 0 Å². The highest BCUT2D eigenvalue weighted by Crippen LogP contribution is 2.34. The van der Waals surface area contributed by atoms with Crippen molar-refractivity contribution in [3.8, 4) is 5.75 Å². The average Bonchev–Trinajstić information content (AvgIpc) is 3.35. The Morgan fingerprint density at radius 1 is 1.00 bits per heavy atom. The van der Waals surface area contributed by atoms with Crippen LogP contribution < -0.4 is 9.64 Å². The zero-order valence-corrected chi connectivity index (χ0v) is 19.9. The zero-order valence-electron chi connectivity index (χ0n) is 19.9. The lowest BCUT2D eigenvalue weighted by Crippen LogP contribution is -2.48. The molecule has 0 unspecified atom stereocenters. The molecule has 2 aromatic carbocycles. The van der Waals surface area contributed by atoms with E-state index in [9.17, 15) is 9.59 Å². The number of carbonyl (C=O) groups is 2. The molecule has 0 atom stereocenters. The van der Waals surface area contributed by atoms with Gasteiger partial charge in [0.2, 0.25) is 0 Å². The number of furan rings is 1. The largest absolute Gasteiger partial charge is 0.482 e. The molecule has 1 aromatic heterocycles. The van der Waals surface area contributed by atoms with E-state index < -0.39 is 0 Å². The standard InChI is InChI=1S/C28H29N3O4/c1-21-9-11-24-26(18-21)34-20-27(32)31(24)19-23-10-12-25(35-23)28(33)30-16-14-29(15-17-30)13-5-8-22-6-3-2-4-7-22/h2-12,18H,13-17,19-20H2,1H3/b8-5+. The maximum absolute atomic E-state index is 13.0. The highest BCUT2D eigenvalue weighted by molar-refractivity contribution is 5.97. The lowest BCUT2D eigenvalue weighted by atomic mass is 10.1. The molecular weight excluding hydrogens is 442 g/mol. The predicted molar refractivity (Wildman–Crippen MR) is 134 cm³/mol. The normalized spacial score (nSPS) is 16.4. The van der Waals surface area contributed by atoms with Crippen molar-refractivity contribution in [1.29, 1.82) is 0 Å². The topological polar surface area (TPSA) is 66.2 Å². The number of hydrogen-bond donors (Lipinski definition) is 0. The third kappa shape index (κ3) is 5.30. The van der Waals surface area contributed by atoms with Crippen molar-refractivity contribution >= 4 is 23.6 Å². The monoisotopic (exact) mass is 471 g/mol. The van der Waals surface area contributed by atoms with Gasteiger partial charge in [0.25, 0.3) is 11.8 Å². The van der Waals surface area contributed by atoms with E-state index in [4.69, 9.17) is 9.15 Å². The van der Waals surface area contributed by atoms with Crippen LogP contribution in [0.15, 0.2) is 71.2 Å². The summed E-state index contributed by atoms with van der Waals surface area (Å²) in [7, 11) is 0. The maximum Gasteiger partial charge on any atom is 0.289 e. The minimum Gasteiger partial charge on any atom is -0.482 e. The van der Waals surface area contributed by atoms with Crippen LogP contribution in [-0.2, 0) is 11.3 Å². The molecule has 7 nitrogen and oxygen atoms in total. The summed E-state index contributed by atoms with van der Waals surface area (Å²) in [6.07, 6.45) is 4.29. The molecular formula is C28H29N3O4. The molecule has 180 valence electrons. The molecule has 2 aliphatic heterocycles. The first-order valence-corrected chi connectivity index (χ1v) is 11.9. The fourth-order valence-corrected chi connectivity index (χ4v) is 4.41. The van der Waals surface area contributed by atoms with Crippen LogP contribution in [0, 0.1) is 6.92 Å². The van der Waals surface area contributed by atoms with Crippen molar-refractivity contribution in [3.63, 3.8) is 0 Å². The zero-order chi connectivity index (χ0) is 24.2. The van der Waals surface area contributed by atoms with Crippen molar-refractivity contribution in [1.82, 2.24) is 9.80 Å². The second-order valence-electron chi connectivity index (χ2n) is 8.91. The average molecular weight is 472 g/mol. The van der Waals surface area contributed by atoms with E-state index in [1.807, 2.05) is 48.2 Å². The highest BCUT2D eigenvalue weighted by atomic mass is 16.5. The van der Waals surface area contributed by atoms with Gasteiger partial charge in [-0.25, -0.2) is 0 Å². The summed E-state index contributed by atoms with van der Waals surface area (Å²) < 4.78 is 11.5. The van der Waals surface area contributed by atoms with Crippen molar-refractivity contribution in [2.75, 3.05) is 44.2 Å². The third-order valence-corrected chi connectivity index (χ3v) is 6.38. The minimum absolute atomic E-state index is 0.00619. The Morgan fingerprint density at radius 2 is 1.80 bits per heavy atom. The van der Waals surface area contributed by atoms with Crippen LogP contribution in [0.2, 0.25) is 0 Å². The van der Waals surface area contributed by atoms with E-state index in [1.165, 1.54) is 5.56 Å². The quantitative estimate of drug-likeness (QED) is 0.544. The lowest BCUT2D eigenvalue weighted by molar-refractivity contribution is -0.121. The molecule has 7 heteroatoms. The Hall–Kier alpha value is -3.84. The van der Waals surface area contributed by atoms with Gasteiger partial charge in [-0.1, -0.05) is 48.6 Å². The minimum atomic E-state index is -0.136. The number of carbonyl (C=O) groups excluding carboxylic acids is 2. The van der Waals surface area contributed by atoms with Gasteiger partial charge in [0.1, 0.15) is 11.5 Å². The lowest BCUT2D eigenvalue weighted by Gasteiger charge is -2.33. The number of rotatable bonds is 6. The van der Waals surface area contributed by atoms with Crippen LogP contribution in [0.4, 0.5) is 5.69 Å². The van der Waals surface area contributed by atoms with E-state index in [2.05, 4.69) is 29.2 Å². The number of ether oxygens (including phenoxy) is 1. The van der Waals surface area contributed by atoms with Gasteiger partial charge >= 0.3 is 0 Å². The van der Waals surface area contributed by atoms with Crippen LogP contribution in [0.25, 0.3) is 6.08 Å². The van der Waals surface area contributed by atoms with Crippen LogP contribution in [0.3, 0.4) is 0 Å². The van der Waals surface area contributed by atoms with Crippen LogP contribution >= 0.6 is 0 Å². The van der Waals surface area contributed by atoms with Crippen molar-refractivity contribution in [3.05, 3.63) is 89.4 Å². The fourth-order valence-electron chi connectivity index (χ4n) is 4.41. The summed E-state index contributed by atoms with van der Waals surface area (Å²) in [4.78, 5) is 31.3. The summed E-state index contributed by atoms with van der Waals surface area (Å²) in [6.45, 7) is 6.03. The summed E-state index contributed by atoms with van der Waals surface area (Å²) in [5, 5.41) is 0. The van der Waals surface area contributed by atoms with E-state index in [0.29, 0.717) is 36.0 Å². The van der Waals surface area contributed by atoms with Gasteiger partial charge in [0.05, 0.1) is 12.2 Å². The summed E-state index contributed by atoms with van der Waals surface area (Å²) >= 11 is 0. The Bertz CT molecular complexity index is 1230. The second-order valence-corrected chi connectivity index (χ2v) is 8.91. The number of aryl methyl sites for hydroxylation is 1. The SMILES string of the molecule is Cc1ccc2c(c1)OCC(=O)N2Cc1ccc(C(=O)N2CCN(C/C=C/c3ccccc3)CC2)o1. The Balaban J connectivity index is 1.16. The Morgan fingerprint density at radius 3 is 2.60 bits per heavy atom. The molecule has 2 amide bonds. The number of hydrogen-bond acceptors (Lipinski definition) is 5. The molecule has 0 saturated carbocycles. The summed E-state index contributed by atoms with van der Waals surface area (Å²) in [5.74, 6) is 1.31. The first kappa shape index (κ1) is 22.9. The van der Waals surface area contributed by atoms with E-state index >= 15 is 0 Å². The van der Waals surface area contributed by atoms with Gasteiger partial charge in [0.15, 0.2) is 12.4 Å². The van der Waals surface area contributed by atoms with Gasteiger partial charge in [0, 0.05) is 32.7 Å². The molecule has 0 aliphatic carbocycles. The molecule has 35 heavy (non-hydrogen) atoms. The summed E-state index contributed by atoms with van der Waals surface area (Å²) in [6, 6.07) is 19.5.